The average molecular weight is 774 g/mol. The summed E-state index contributed by atoms with van der Waals surface area (Å²) >= 11 is 1.86. The lowest BCUT2D eigenvalue weighted by molar-refractivity contribution is 0.359. The molecule has 1 spiro atoms. The van der Waals surface area contributed by atoms with Crippen LogP contribution in [0.5, 0.6) is 23.0 Å². The second-order valence-corrected chi connectivity index (χ2v) is 16.9. The second-order valence-electron chi connectivity index (χ2n) is 15.8. The molecule has 3 nitrogen and oxygen atoms in total. The highest BCUT2D eigenvalue weighted by molar-refractivity contribution is 7.25. The molecule has 0 radical (unpaired) electrons. The van der Waals surface area contributed by atoms with E-state index in [1.165, 1.54) is 76.1 Å². The van der Waals surface area contributed by atoms with Crippen LogP contribution in [0.2, 0.25) is 0 Å². The summed E-state index contributed by atoms with van der Waals surface area (Å²) in [6.07, 6.45) is 6.31. The molecule has 0 unspecified atom stereocenters. The van der Waals surface area contributed by atoms with Crippen LogP contribution in [0.25, 0.3) is 48.0 Å². The van der Waals surface area contributed by atoms with Gasteiger partial charge >= 0.3 is 0 Å². The molecule has 0 amide bonds. The van der Waals surface area contributed by atoms with Crippen molar-refractivity contribution in [3.05, 3.63) is 222 Å². The van der Waals surface area contributed by atoms with Crippen LogP contribution < -0.4 is 14.4 Å². The van der Waals surface area contributed by atoms with E-state index < -0.39 is 5.41 Å². The fourth-order valence-electron chi connectivity index (χ4n) is 10.4. The largest absolute Gasteiger partial charge is 0.449 e. The lowest BCUT2D eigenvalue weighted by Crippen LogP contribution is -2.25. The Morgan fingerprint density at radius 1 is 0.441 bits per heavy atom. The third-order valence-electron chi connectivity index (χ3n) is 12.9. The molecule has 8 aromatic carbocycles. The monoisotopic (exact) mass is 773 g/mol. The number of hydrogen-bond acceptors (Lipinski definition) is 4. The Bertz CT molecular complexity index is 3250. The number of ether oxygens (including phenoxy) is 2. The van der Waals surface area contributed by atoms with Gasteiger partial charge < -0.3 is 14.4 Å². The third kappa shape index (κ3) is 4.58. The first-order valence-electron chi connectivity index (χ1n) is 20.4. The first kappa shape index (κ1) is 32.9. The van der Waals surface area contributed by atoms with Crippen LogP contribution in [-0.4, -0.2) is 0 Å². The number of para-hydroxylation sites is 2. The van der Waals surface area contributed by atoms with E-state index in [1.54, 1.807) is 0 Å². The zero-order valence-corrected chi connectivity index (χ0v) is 32.8. The molecule has 0 saturated carbocycles. The summed E-state index contributed by atoms with van der Waals surface area (Å²) in [5.41, 5.74) is 15.5. The molecule has 1 aliphatic heterocycles. The fourth-order valence-corrected chi connectivity index (χ4v) is 11.5. The highest BCUT2D eigenvalue weighted by atomic mass is 32.1. The number of thiophene rings is 1. The Balaban J connectivity index is 0.898. The molecule has 0 saturated heterocycles. The number of anilines is 2. The van der Waals surface area contributed by atoms with E-state index in [9.17, 15) is 0 Å². The zero-order chi connectivity index (χ0) is 38.7. The minimum absolute atomic E-state index is 0.437. The van der Waals surface area contributed by atoms with Gasteiger partial charge in [-0.2, -0.15) is 0 Å². The molecule has 59 heavy (non-hydrogen) atoms. The summed E-state index contributed by atoms with van der Waals surface area (Å²) in [6.45, 7) is 0. The van der Waals surface area contributed by atoms with E-state index >= 15 is 0 Å². The van der Waals surface area contributed by atoms with Crippen molar-refractivity contribution in [2.75, 3.05) is 4.90 Å². The van der Waals surface area contributed by atoms with Crippen molar-refractivity contribution in [3.8, 4) is 45.3 Å². The van der Waals surface area contributed by atoms with Gasteiger partial charge in [0.1, 0.15) is 0 Å². The van der Waals surface area contributed by atoms with Crippen molar-refractivity contribution in [1.82, 2.24) is 0 Å². The minimum Gasteiger partial charge on any atom is -0.449 e. The van der Waals surface area contributed by atoms with Crippen LogP contribution in [0, 0.1) is 0 Å². The van der Waals surface area contributed by atoms with E-state index in [-0.39, 0.29) is 0 Å². The molecule has 9 aromatic rings. The standard InChI is InChI=1S/C55H35NO2S/c1-2-13-35(14-3-1)56(37-29-32-51-43(33-37)41-17-7-11-24-50(41)59-51)36-27-25-34(26-28-36)38-19-12-23-48-53(38)57-49-31-30-47-52(54(49)58-48)42-18-6-10-22-46(42)55(47)44-20-8-4-15-39(44)40-16-5-9-21-45(40)55/h1-25,27,29-33H,26,28H2. The zero-order valence-electron chi connectivity index (χ0n) is 32.0. The van der Waals surface area contributed by atoms with Crippen LogP contribution in [-0.2, 0) is 5.41 Å². The normalized spacial score (nSPS) is 14.9. The van der Waals surface area contributed by atoms with E-state index in [0.717, 1.165) is 52.7 Å². The highest BCUT2D eigenvalue weighted by Crippen LogP contribution is 2.66. The highest BCUT2D eigenvalue weighted by Gasteiger charge is 2.53. The number of benzene rings is 8. The third-order valence-corrected chi connectivity index (χ3v) is 14.0. The van der Waals surface area contributed by atoms with Gasteiger partial charge in [-0.3, -0.25) is 0 Å². The smallest absolute Gasteiger partial charge is 0.178 e. The fraction of sp³-hybridized carbons (Fsp3) is 0.0545. The van der Waals surface area contributed by atoms with Gasteiger partial charge in [0, 0.05) is 48.4 Å². The van der Waals surface area contributed by atoms with Gasteiger partial charge in [0.15, 0.2) is 23.0 Å². The lowest BCUT2D eigenvalue weighted by Gasteiger charge is -2.31. The molecule has 2 heterocycles. The molecule has 1 aromatic heterocycles. The Hall–Kier alpha value is -7.14. The molecule has 0 fully saturated rings. The molecule has 278 valence electrons. The molecule has 0 atom stereocenters. The summed E-state index contributed by atoms with van der Waals surface area (Å²) in [5, 5.41) is 2.61. The number of allylic oxidation sites excluding steroid dienone is 4. The topological polar surface area (TPSA) is 21.7 Å². The Kier molecular flexibility index (Phi) is 6.93. The van der Waals surface area contributed by atoms with Crippen molar-refractivity contribution >= 4 is 48.5 Å². The summed E-state index contributed by atoms with van der Waals surface area (Å²) in [4.78, 5) is 2.42. The van der Waals surface area contributed by atoms with E-state index in [0.29, 0.717) is 0 Å². The second kappa shape index (κ2) is 12.4. The average Bonchev–Trinajstić information content (AvgIpc) is 3.93. The van der Waals surface area contributed by atoms with Crippen molar-refractivity contribution in [2.24, 2.45) is 0 Å². The summed E-state index contributed by atoms with van der Waals surface area (Å²) in [5.74, 6) is 3.05. The van der Waals surface area contributed by atoms with Crippen molar-refractivity contribution < 1.29 is 9.47 Å². The first-order valence-corrected chi connectivity index (χ1v) is 21.2. The number of fused-ring (bicyclic) bond motifs is 16. The predicted octanol–water partition coefficient (Wildman–Crippen LogP) is 15.2. The van der Waals surface area contributed by atoms with Gasteiger partial charge in [-0.15, -0.1) is 11.3 Å². The van der Waals surface area contributed by atoms with Gasteiger partial charge in [-0.05, 0) is 112 Å². The number of rotatable bonds is 4. The molecular formula is C55H35NO2S. The van der Waals surface area contributed by atoms with Crippen molar-refractivity contribution in [3.63, 3.8) is 0 Å². The minimum atomic E-state index is -0.437. The maximum atomic E-state index is 7.05. The van der Waals surface area contributed by atoms with Gasteiger partial charge in [0.2, 0.25) is 0 Å². The maximum Gasteiger partial charge on any atom is 0.178 e. The Labute approximate surface area is 346 Å². The quantitative estimate of drug-likeness (QED) is 0.178. The Morgan fingerprint density at radius 2 is 1.08 bits per heavy atom. The molecule has 4 heteroatoms. The predicted molar refractivity (Wildman–Crippen MR) is 243 cm³/mol. The summed E-state index contributed by atoms with van der Waals surface area (Å²) < 4.78 is 16.7. The molecular weight excluding hydrogens is 739 g/mol. The van der Waals surface area contributed by atoms with Gasteiger partial charge in [0.05, 0.1) is 5.41 Å². The van der Waals surface area contributed by atoms with Gasteiger partial charge in [-0.1, -0.05) is 133 Å². The van der Waals surface area contributed by atoms with Crippen LogP contribution in [0.4, 0.5) is 11.4 Å². The van der Waals surface area contributed by atoms with Crippen molar-refractivity contribution in [1.29, 1.82) is 0 Å². The van der Waals surface area contributed by atoms with E-state index in [4.69, 9.17) is 9.47 Å². The molecule has 0 N–H and O–H groups in total. The summed E-state index contributed by atoms with van der Waals surface area (Å²) in [6, 6.07) is 63.7. The van der Waals surface area contributed by atoms with Crippen molar-refractivity contribution in [2.45, 2.75) is 18.3 Å². The van der Waals surface area contributed by atoms with Crippen LogP contribution >= 0.6 is 11.3 Å². The summed E-state index contributed by atoms with van der Waals surface area (Å²) in [7, 11) is 0. The molecule has 3 aliphatic carbocycles. The Morgan fingerprint density at radius 3 is 1.86 bits per heavy atom. The van der Waals surface area contributed by atoms with Crippen LogP contribution in [0.15, 0.2) is 194 Å². The molecule has 4 aliphatic rings. The SMILES string of the molecule is C1=C(c2cccc3c2Oc2ccc4c(c2O3)-c2ccccc2C42c3ccccc3-c3ccccc32)CCC(N(c2ccccc2)c2ccc3sc4ccccc4c3c2)=C1. The maximum absolute atomic E-state index is 7.05. The van der Waals surface area contributed by atoms with Gasteiger partial charge in [-0.25, -0.2) is 0 Å². The number of nitrogens with zero attached hydrogens (tertiary/aromatic N) is 1. The molecule has 13 rings (SSSR count). The molecule has 0 bridgehead atoms. The van der Waals surface area contributed by atoms with E-state index in [2.05, 4.69) is 187 Å². The van der Waals surface area contributed by atoms with Gasteiger partial charge in [0.25, 0.3) is 0 Å². The first-order chi connectivity index (χ1) is 29.3. The van der Waals surface area contributed by atoms with Crippen LogP contribution in [0.1, 0.15) is 40.7 Å². The lowest BCUT2D eigenvalue weighted by atomic mass is 9.70. The van der Waals surface area contributed by atoms with E-state index in [1.807, 2.05) is 17.4 Å². The number of hydrogen-bond donors (Lipinski definition) is 0. The van der Waals surface area contributed by atoms with Crippen LogP contribution in [0.3, 0.4) is 0 Å².